The van der Waals surface area contributed by atoms with E-state index in [0.717, 1.165) is 48.5 Å². The van der Waals surface area contributed by atoms with Crippen molar-refractivity contribution < 1.29 is 9.32 Å². The number of likely N-dealkylation sites (tertiary alicyclic amines) is 1. The smallest absolute Gasteiger partial charge is 0.268 e. The molecule has 1 aliphatic rings. The van der Waals surface area contributed by atoms with Gasteiger partial charge in [-0.3, -0.25) is 4.79 Å². The lowest BCUT2D eigenvalue weighted by atomic mass is 10.2. The van der Waals surface area contributed by atoms with E-state index in [9.17, 15) is 4.79 Å². The highest BCUT2D eigenvalue weighted by Crippen LogP contribution is 2.34. The van der Waals surface area contributed by atoms with Crippen LogP contribution in [-0.2, 0) is 6.42 Å². The van der Waals surface area contributed by atoms with E-state index in [1.807, 2.05) is 35.2 Å². The number of hydrogen-bond acceptors (Lipinski definition) is 7. The van der Waals surface area contributed by atoms with E-state index >= 15 is 0 Å². The Kier molecular flexibility index (Phi) is 4.75. The predicted molar refractivity (Wildman–Crippen MR) is 96.6 cm³/mol. The zero-order chi connectivity index (χ0) is 17.9. The van der Waals surface area contributed by atoms with Crippen LogP contribution in [0.1, 0.15) is 53.5 Å². The number of rotatable bonds is 5. The van der Waals surface area contributed by atoms with Crippen LogP contribution in [0.5, 0.6) is 0 Å². The average molecular weight is 369 g/mol. The third-order valence-electron chi connectivity index (χ3n) is 4.51. The van der Waals surface area contributed by atoms with Gasteiger partial charge in [0.1, 0.15) is 10.9 Å². The van der Waals surface area contributed by atoms with Crippen molar-refractivity contribution in [3.05, 3.63) is 46.8 Å². The molecule has 1 aliphatic heterocycles. The van der Waals surface area contributed by atoms with Gasteiger partial charge in [-0.1, -0.05) is 53.3 Å². The second-order valence-electron chi connectivity index (χ2n) is 6.28. The Morgan fingerprint density at radius 2 is 2.19 bits per heavy atom. The van der Waals surface area contributed by atoms with Crippen molar-refractivity contribution in [2.45, 2.75) is 38.6 Å². The Morgan fingerprint density at radius 3 is 3.00 bits per heavy atom. The van der Waals surface area contributed by atoms with Gasteiger partial charge in [-0.05, 0) is 30.8 Å². The number of aromatic nitrogens is 4. The van der Waals surface area contributed by atoms with E-state index in [1.54, 1.807) is 0 Å². The summed E-state index contributed by atoms with van der Waals surface area (Å²) in [5.74, 6) is 1.00. The van der Waals surface area contributed by atoms with Crippen LogP contribution in [0.3, 0.4) is 0 Å². The summed E-state index contributed by atoms with van der Waals surface area (Å²) in [4.78, 5) is 20.0. The van der Waals surface area contributed by atoms with Gasteiger partial charge in [0.05, 0.1) is 5.69 Å². The van der Waals surface area contributed by atoms with Gasteiger partial charge in [0.2, 0.25) is 11.7 Å². The molecule has 3 heterocycles. The Bertz CT molecular complexity index is 892. The van der Waals surface area contributed by atoms with E-state index in [-0.39, 0.29) is 11.9 Å². The van der Waals surface area contributed by atoms with Crippen molar-refractivity contribution in [1.29, 1.82) is 0 Å². The number of nitrogens with zero attached hydrogens (tertiary/aromatic N) is 5. The SMILES string of the molecule is CCCc1nnsc1C(=O)N1CCC[C@@H]1c1nc(-c2ccccc2)no1. The topological polar surface area (TPSA) is 85.0 Å². The molecule has 1 aromatic carbocycles. The van der Waals surface area contributed by atoms with Crippen LogP contribution in [0, 0.1) is 0 Å². The Morgan fingerprint density at radius 1 is 1.35 bits per heavy atom. The summed E-state index contributed by atoms with van der Waals surface area (Å²) < 4.78 is 9.46. The Labute approximate surface area is 155 Å². The predicted octanol–water partition coefficient (Wildman–Crippen LogP) is 3.52. The lowest BCUT2D eigenvalue weighted by molar-refractivity contribution is 0.0713. The van der Waals surface area contributed by atoms with Crippen molar-refractivity contribution in [1.82, 2.24) is 24.6 Å². The average Bonchev–Trinajstić information content (AvgIpc) is 3.42. The molecular weight excluding hydrogens is 350 g/mol. The van der Waals surface area contributed by atoms with Gasteiger partial charge in [-0.15, -0.1) is 5.10 Å². The summed E-state index contributed by atoms with van der Waals surface area (Å²) in [5, 5.41) is 8.20. The van der Waals surface area contributed by atoms with E-state index in [2.05, 4.69) is 26.7 Å². The molecule has 26 heavy (non-hydrogen) atoms. The van der Waals surface area contributed by atoms with E-state index in [1.165, 1.54) is 0 Å². The fraction of sp³-hybridized carbons (Fsp3) is 0.389. The number of hydrogen-bond donors (Lipinski definition) is 0. The Hall–Kier alpha value is -2.61. The van der Waals surface area contributed by atoms with Gasteiger partial charge >= 0.3 is 0 Å². The van der Waals surface area contributed by atoms with Crippen molar-refractivity contribution in [2.75, 3.05) is 6.54 Å². The number of benzene rings is 1. The first-order chi connectivity index (χ1) is 12.8. The third kappa shape index (κ3) is 3.12. The zero-order valence-electron chi connectivity index (χ0n) is 14.5. The molecule has 0 unspecified atom stereocenters. The third-order valence-corrected chi connectivity index (χ3v) is 5.27. The number of amides is 1. The molecule has 4 rings (SSSR count). The molecule has 0 spiro atoms. The van der Waals surface area contributed by atoms with Gasteiger partial charge in [0, 0.05) is 12.1 Å². The molecule has 0 N–H and O–H groups in total. The van der Waals surface area contributed by atoms with Gasteiger partial charge < -0.3 is 9.42 Å². The minimum atomic E-state index is -0.191. The van der Waals surface area contributed by atoms with Gasteiger partial charge in [-0.2, -0.15) is 4.98 Å². The van der Waals surface area contributed by atoms with E-state index < -0.39 is 0 Å². The summed E-state index contributed by atoms with van der Waals surface area (Å²) in [6.07, 6.45) is 3.42. The highest BCUT2D eigenvalue weighted by molar-refractivity contribution is 7.08. The fourth-order valence-corrected chi connectivity index (χ4v) is 3.91. The minimum absolute atomic E-state index is 0.0367. The molecule has 1 fully saturated rings. The standard InChI is InChI=1S/C18H19N5O2S/c1-2-7-13-15(26-22-20-13)18(24)23-11-6-10-14(23)17-19-16(21-25-17)12-8-4-3-5-9-12/h3-5,8-9,14H,2,6-7,10-11H2,1H3/t14-/m1/s1. The van der Waals surface area contributed by atoms with Crippen LogP contribution in [0.25, 0.3) is 11.4 Å². The highest BCUT2D eigenvalue weighted by atomic mass is 32.1. The highest BCUT2D eigenvalue weighted by Gasteiger charge is 2.36. The second-order valence-corrected chi connectivity index (χ2v) is 7.03. The quantitative estimate of drug-likeness (QED) is 0.684. The molecule has 7 nitrogen and oxygen atoms in total. The molecule has 1 atom stereocenters. The Balaban J connectivity index is 1.58. The van der Waals surface area contributed by atoms with Crippen LogP contribution in [0.15, 0.2) is 34.9 Å². The van der Waals surface area contributed by atoms with Crippen molar-refractivity contribution in [3.8, 4) is 11.4 Å². The largest absolute Gasteiger partial charge is 0.337 e. The normalized spacial score (nSPS) is 17.0. The first-order valence-electron chi connectivity index (χ1n) is 8.79. The molecule has 3 aromatic rings. The molecular formula is C18H19N5O2S. The van der Waals surface area contributed by atoms with Gasteiger partial charge in [0.25, 0.3) is 5.91 Å². The summed E-state index contributed by atoms with van der Waals surface area (Å²) in [5.41, 5.74) is 1.68. The molecule has 0 saturated carbocycles. The monoisotopic (exact) mass is 369 g/mol. The van der Waals surface area contributed by atoms with Crippen LogP contribution < -0.4 is 0 Å². The fourth-order valence-electron chi connectivity index (χ4n) is 3.24. The molecule has 2 aromatic heterocycles. The van der Waals surface area contributed by atoms with Gasteiger partial charge in [-0.25, -0.2) is 0 Å². The summed E-state index contributed by atoms with van der Waals surface area (Å²) >= 11 is 1.16. The molecule has 1 saturated heterocycles. The van der Waals surface area contributed by atoms with E-state index in [0.29, 0.717) is 23.1 Å². The maximum absolute atomic E-state index is 13.0. The number of carbonyl (C=O) groups is 1. The van der Waals surface area contributed by atoms with Crippen LogP contribution in [-0.4, -0.2) is 37.1 Å². The lowest BCUT2D eigenvalue weighted by Crippen LogP contribution is -2.30. The number of aryl methyl sites for hydroxylation is 1. The van der Waals surface area contributed by atoms with Crippen LogP contribution in [0.2, 0.25) is 0 Å². The number of carbonyl (C=O) groups excluding carboxylic acids is 1. The second kappa shape index (κ2) is 7.33. The zero-order valence-corrected chi connectivity index (χ0v) is 15.3. The minimum Gasteiger partial charge on any atom is -0.337 e. The van der Waals surface area contributed by atoms with Gasteiger partial charge in [0.15, 0.2) is 0 Å². The first kappa shape index (κ1) is 16.8. The van der Waals surface area contributed by atoms with Crippen molar-refractivity contribution in [3.63, 3.8) is 0 Å². The van der Waals surface area contributed by atoms with Crippen molar-refractivity contribution >= 4 is 17.4 Å². The molecule has 0 radical (unpaired) electrons. The molecule has 134 valence electrons. The first-order valence-corrected chi connectivity index (χ1v) is 9.56. The van der Waals surface area contributed by atoms with Crippen LogP contribution >= 0.6 is 11.5 Å². The molecule has 1 amide bonds. The van der Waals surface area contributed by atoms with Crippen molar-refractivity contribution in [2.24, 2.45) is 0 Å². The molecule has 8 heteroatoms. The summed E-state index contributed by atoms with van der Waals surface area (Å²) in [6, 6.07) is 9.49. The van der Waals surface area contributed by atoms with Crippen LogP contribution in [0.4, 0.5) is 0 Å². The maximum atomic E-state index is 13.0. The maximum Gasteiger partial charge on any atom is 0.268 e. The summed E-state index contributed by atoms with van der Waals surface area (Å²) in [7, 11) is 0. The van der Waals surface area contributed by atoms with E-state index in [4.69, 9.17) is 4.52 Å². The lowest BCUT2D eigenvalue weighted by Gasteiger charge is -2.21. The summed E-state index contributed by atoms with van der Waals surface area (Å²) in [6.45, 7) is 2.74. The molecule has 0 bridgehead atoms. The molecule has 0 aliphatic carbocycles.